The summed E-state index contributed by atoms with van der Waals surface area (Å²) in [6.45, 7) is 6.34. The summed E-state index contributed by atoms with van der Waals surface area (Å²) in [4.78, 5) is 26.3. The van der Waals surface area contributed by atoms with Crippen molar-refractivity contribution in [3.8, 4) is 11.1 Å². The van der Waals surface area contributed by atoms with Gasteiger partial charge in [0, 0.05) is 23.3 Å². The molecule has 1 aromatic heterocycles. The Morgan fingerprint density at radius 1 is 0.833 bits per heavy atom. The average Bonchev–Trinajstić information content (AvgIpc) is 3.32. The molecule has 0 atom stereocenters. The van der Waals surface area contributed by atoms with E-state index < -0.39 is 5.97 Å². The molecule has 0 aliphatic carbocycles. The molecule has 0 radical (unpaired) electrons. The van der Waals surface area contributed by atoms with Gasteiger partial charge in [0.1, 0.15) is 10.6 Å². The van der Waals surface area contributed by atoms with E-state index in [1.165, 1.54) is 16.9 Å². The van der Waals surface area contributed by atoms with E-state index in [-0.39, 0.29) is 24.9 Å². The van der Waals surface area contributed by atoms with Crippen molar-refractivity contribution in [2.24, 2.45) is 0 Å². The molecule has 0 saturated carbocycles. The molecule has 1 heterocycles. The van der Waals surface area contributed by atoms with Crippen LogP contribution in [0.5, 0.6) is 0 Å². The lowest BCUT2D eigenvalue weighted by atomic mass is 9.88. The van der Waals surface area contributed by atoms with Gasteiger partial charge in [-0.2, -0.15) is 0 Å². The zero-order valence-electron chi connectivity index (χ0n) is 20.9. The van der Waals surface area contributed by atoms with Gasteiger partial charge in [0.2, 0.25) is 5.91 Å². The van der Waals surface area contributed by atoms with Crippen LogP contribution in [0.3, 0.4) is 0 Å². The predicted octanol–water partition coefficient (Wildman–Crippen LogP) is 7.88. The highest BCUT2D eigenvalue weighted by Crippen LogP contribution is 2.37. The molecule has 4 rings (SSSR count). The molecule has 1 amide bonds. The zero-order chi connectivity index (χ0) is 25.5. The van der Waals surface area contributed by atoms with Gasteiger partial charge in [0.25, 0.3) is 0 Å². The number of anilines is 1. The quantitative estimate of drug-likeness (QED) is 0.239. The highest BCUT2D eigenvalue weighted by atomic mass is 32.1. The first kappa shape index (κ1) is 25.4. The van der Waals surface area contributed by atoms with Gasteiger partial charge in [-0.3, -0.25) is 4.79 Å². The topological polar surface area (TPSA) is 55.4 Å². The zero-order valence-corrected chi connectivity index (χ0v) is 21.7. The number of carbonyl (C=O) groups excluding carboxylic acids is 2. The number of esters is 1. The van der Waals surface area contributed by atoms with E-state index in [9.17, 15) is 9.59 Å². The molecular weight excluding hydrogens is 466 g/mol. The molecule has 3 aromatic carbocycles. The Labute approximate surface area is 217 Å². The highest BCUT2D eigenvalue weighted by Gasteiger charge is 2.24. The van der Waals surface area contributed by atoms with Crippen molar-refractivity contribution in [3.05, 3.63) is 113 Å². The number of hydrogen-bond acceptors (Lipinski definition) is 4. The number of thiophene rings is 1. The van der Waals surface area contributed by atoms with E-state index in [2.05, 4.69) is 31.3 Å². The lowest BCUT2D eigenvalue weighted by molar-refractivity contribution is -0.116. The Morgan fingerprint density at radius 3 is 1.94 bits per heavy atom. The van der Waals surface area contributed by atoms with Gasteiger partial charge in [-0.05, 0) is 35.1 Å². The molecule has 0 aliphatic heterocycles. The van der Waals surface area contributed by atoms with Gasteiger partial charge in [0.05, 0.1) is 6.61 Å². The van der Waals surface area contributed by atoms with Gasteiger partial charge in [0.15, 0.2) is 0 Å². The van der Waals surface area contributed by atoms with E-state index in [0.717, 1.165) is 22.3 Å². The molecule has 4 aromatic rings. The first-order chi connectivity index (χ1) is 17.5. The van der Waals surface area contributed by atoms with Gasteiger partial charge < -0.3 is 10.1 Å². The van der Waals surface area contributed by atoms with Gasteiger partial charge in [-0.15, -0.1) is 11.3 Å². The number of nitrogens with one attached hydrogen (secondary N) is 1. The van der Waals surface area contributed by atoms with Crippen molar-refractivity contribution in [1.82, 2.24) is 0 Å². The van der Waals surface area contributed by atoms with Crippen LogP contribution in [0.4, 0.5) is 5.00 Å². The van der Waals surface area contributed by atoms with E-state index in [1.54, 1.807) is 6.92 Å². The third kappa shape index (κ3) is 5.92. The fourth-order valence-corrected chi connectivity index (χ4v) is 5.25. The molecular formula is C31H31NO3S. The second-order valence-electron chi connectivity index (χ2n) is 8.98. The molecule has 0 bridgehead atoms. The Hall–Kier alpha value is -3.70. The maximum atomic E-state index is 13.3. The fraction of sp³-hybridized carbons (Fsp3) is 0.226. The largest absolute Gasteiger partial charge is 0.462 e. The molecule has 0 unspecified atom stereocenters. The number of hydrogen-bond donors (Lipinski definition) is 1. The summed E-state index contributed by atoms with van der Waals surface area (Å²) in [5, 5.41) is 5.45. The lowest BCUT2D eigenvalue weighted by Crippen LogP contribution is -2.18. The molecule has 0 saturated heterocycles. The minimum Gasteiger partial charge on any atom is -0.462 e. The van der Waals surface area contributed by atoms with Crippen LogP contribution < -0.4 is 5.32 Å². The monoisotopic (exact) mass is 497 g/mol. The second kappa shape index (κ2) is 11.8. The highest BCUT2D eigenvalue weighted by molar-refractivity contribution is 7.15. The van der Waals surface area contributed by atoms with Crippen LogP contribution in [0.2, 0.25) is 0 Å². The van der Waals surface area contributed by atoms with Crippen molar-refractivity contribution in [2.45, 2.75) is 39.0 Å². The second-order valence-corrected chi connectivity index (χ2v) is 9.86. The number of ether oxygens (including phenoxy) is 1. The molecule has 4 nitrogen and oxygen atoms in total. The van der Waals surface area contributed by atoms with E-state index in [0.29, 0.717) is 16.5 Å². The summed E-state index contributed by atoms with van der Waals surface area (Å²) >= 11 is 1.35. The van der Waals surface area contributed by atoms with Crippen molar-refractivity contribution < 1.29 is 14.3 Å². The summed E-state index contributed by atoms with van der Waals surface area (Å²) in [5.41, 5.74) is 5.47. The molecule has 0 aliphatic rings. The maximum absolute atomic E-state index is 13.3. The third-order valence-electron chi connectivity index (χ3n) is 6.21. The van der Waals surface area contributed by atoms with Gasteiger partial charge in [-0.1, -0.05) is 98.8 Å². The standard InChI is InChI=1S/C31H31NO3S/c1-4-35-31(34)29-27(25-17-15-22(16-18-25)21(2)3)20-36-30(29)32-28(33)19-26(23-11-7-5-8-12-23)24-13-9-6-10-14-24/h5-18,20-21,26H,4,19H2,1-3H3,(H,32,33). The van der Waals surface area contributed by atoms with E-state index in [4.69, 9.17) is 4.74 Å². The van der Waals surface area contributed by atoms with Crippen LogP contribution in [0.25, 0.3) is 11.1 Å². The Kier molecular flexibility index (Phi) is 8.34. The minimum absolute atomic E-state index is 0.0959. The smallest absolute Gasteiger partial charge is 0.341 e. The number of benzene rings is 3. The van der Waals surface area contributed by atoms with Crippen molar-refractivity contribution >= 4 is 28.2 Å². The number of amides is 1. The summed E-state index contributed by atoms with van der Waals surface area (Å²) in [7, 11) is 0. The van der Waals surface area contributed by atoms with Crippen molar-refractivity contribution in [2.75, 3.05) is 11.9 Å². The molecule has 0 fully saturated rings. The Bertz CT molecular complexity index is 1260. The first-order valence-electron chi connectivity index (χ1n) is 12.3. The number of rotatable bonds is 9. The summed E-state index contributed by atoms with van der Waals surface area (Å²) < 4.78 is 5.37. The Morgan fingerprint density at radius 2 is 1.42 bits per heavy atom. The van der Waals surface area contributed by atoms with Crippen LogP contribution in [0.1, 0.15) is 66.1 Å². The fourth-order valence-electron chi connectivity index (χ4n) is 4.28. The predicted molar refractivity (Wildman–Crippen MR) is 148 cm³/mol. The summed E-state index contributed by atoms with van der Waals surface area (Å²) in [6.07, 6.45) is 0.257. The third-order valence-corrected chi connectivity index (χ3v) is 7.10. The molecule has 0 spiro atoms. The molecule has 5 heteroatoms. The first-order valence-corrected chi connectivity index (χ1v) is 13.1. The average molecular weight is 498 g/mol. The lowest BCUT2D eigenvalue weighted by Gasteiger charge is -2.18. The van der Waals surface area contributed by atoms with E-state index in [1.807, 2.05) is 78.2 Å². The molecule has 1 N–H and O–H groups in total. The molecule has 36 heavy (non-hydrogen) atoms. The van der Waals surface area contributed by atoms with Crippen LogP contribution in [-0.4, -0.2) is 18.5 Å². The van der Waals surface area contributed by atoms with Crippen LogP contribution in [-0.2, 0) is 9.53 Å². The number of carbonyl (C=O) groups is 2. The van der Waals surface area contributed by atoms with Crippen LogP contribution >= 0.6 is 11.3 Å². The SMILES string of the molecule is CCOC(=O)c1c(-c2ccc(C(C)C)cc2)csc1NC(=O)CC(c1ccccc1)c1ccccc1. The van der Waals surface area contributed by atoms with Crippen molar-refractivity contribution in [1.29, 1.82) is 0 Å². The van der Waals surface area contributed by atoms with Crippen molar-refractivity contribution in [3.63, 3.8) is 0 Å². The molecule has 184 valence electrons. The van der Waals surface area contributed by atoms with Gasteiger partial charge in [-0.25, -0.2) is 4.79 Å². The minimum atomic E-state index is -0.431. The summed E-state index contributed by atoms with van der Waals surface area (Å²) in [6, 6.07) is 28.2. The summed E-state index contributed by atoms with van der Waals surface area (Å²) in [5.74, 6) is -0.258. The van der Waals surface area contributed by atoms with Crippen LogP contribution in [0, 0.1) is 0 Å². The van der Waals surface area contributed by atoms with Gasteiger partial charge >= 0.3 is 5.97 Å². The normalized spacial score (nSPS) is 11.0. The Balaban J connectivity index is 1.62. The van der Waals surface area contributed by atoms with E-state index >= 15 is 0 Å². The maximum Gasteiger partial charge on any atom is 0.341 e. The van der Waals surface area contributed by atoms with Crippen LogP contribution in [0.15, 0.2) is 90.3 Å².